The van der Waals surface area contributed by atoms with Gasteiger partial charge >= 0.3 is 75.4 Å². The molecule has 1 N–H and O–H groups in total. The second kappa shape index (κ2) is 4.49. The van der Waals surface area contributed by atoms with Gasteiger partial charge in [-0.05, 0) is 0 Å². The van der Waals surface area contributed by atoms with E-state index in [9.17, 15) is 5.21 Å². The molecule has 0 aromatic carbocycles. The number of rotatable bonds is 4. The SMILES string of the molecule is CC[PH](N(C)C)(N(C)C)N(C)O. The van der Waals surface area contributed by atoms with Gasteiger partial charge in [-0.1, -0.05) is 0 Å². The molecule has 0 heterocycles. The second-order valence-electron chi connectivity index (χ2n) is 3.44. The van der Waals surface area contributed by atoms with Crippen LogP contribution in [-0.2, 0) is 0 Å². The van der Waals surface area contributed by atoms with Gasteiger partial charge in [-0.3, -0.25) is 0 Å². The normalized spacial score (nSPS) is 14.8. The summed E-state index contributed by atoms with van der Waals surface area (Å²) >= 11 is 0. The van der Waals surface area contributed by atoms with Gasteiger partial charge in [0.2, 0.25) is 0 Å². The summed E-state index contributed by atoms with van der Waals surface area (Å²) in [5.74, 6) is 0. The molecule has 0 aliphatic rings. The first kappa shape index (κ1) is 12.3. The first-order valence-electron chi connectivity index (χ1n) is 4.17. The monoisotopic (exact) mass is 195 g/mol. The molecule has 5 heteroatoms. The van der Waals surface area contributed by atoms with Crippen molar-refractivity contribution in [1.29, 1.82) is 0 Å². The van der Waals surface area contributed by atoms with E-state index in [2.05, 4.69) is 16.3 Å². The predicted octanol–water partition coefficient (Wildman–Crippen LogP) is 0.945. The summed E-state index contributed by atoms with van der Waals surface area (Å²) in [6, 6.07) is 0. The summed E-state index contributed by atoms with van der Waals surface area (Å²) in [4.78, 5) is 1.38. The molecule has 0 bridgehead atoms. The average molecular weight is 195 g/mol. The van der Waals surface area contributed by atoms with Crippen molar-refractivity contribution in [2.24, 2.45) is 0 Å². The Bertz CT molecular complexity index is 117. The molecule has 0 radical (unpaired) electrons. The van der Waals surface area contributed by atoms with Crippen LogP contribution in [0.3, 0.4) is 0 Å². The van der Waals surface area contributed by atoms with Crippen molar-refractivity contribution in [3.8, 4) is 0 Å². The first-order valence-corrected chi connectivity index (χ1v) is 6.22. The van der Waals surface area contributed by atoms with Crippen molar-refractivity contribution in [3.05, 3.63) is 0 Å². The van der Waals surface area contributed by atoms with Crippen LogP contribution in [0.25, 0.3) is 0 Å². The van der Waals surface area contributed by atoms with E-state index in [1.54, 1.807) is 7.05 Å². The van der Waals surface area contributed by atoms with Crippen LogP contribution in [0, 0.1) is 0 Å². The van der Waals surface area contributed by atoms with Gasteiger partial charge in [0.15, 0.2) is 0 Å². The maximum atomic E-state index is 9.62. The third-order valence-electron chi connectivity index (χ3n) is 2.43. The summed E-state index contributed by atoms with van der Waals surface area (Å²) in [6.07, 6.45) is 0.972. The fraction of sp³-hybridized carbons (Fsp3) is 1.00. The average Bonchev–Trinajstić information content (AvgIpc) is 1.86. The van der Waals surface area contributed by atoms with Crippen molar-refractivity contribution in [2.45, 2.75) is 6.92 Å². The number of hydrogen-bond donors (Lipinski definition) is 1. The molecule has 12 heavy (non-hydrogen) atoms. The molecule has 4 nitrogen and oxygen atoms in total. The fourth-order valence-corrected chi connectivity index (χ4v) is 5.52. The van der Waals surface area contributed by atoms with Crippen LogP contribution >= 0.6 is 7.71 Å². The number of hydroxylamine groups is 1. The van der Waals surface area contributed by atoms with Gasteiger partial charge in [-0.2, -0.15) is 0 Å². The molecule has 0 amide bonds. The molecule has 0 saturated heterocycles. The molecular weight excluding hydrogens is 173 g/mol. The third-order valence-corrected chi connectivity index (χ3v) is 7.28. The Morgan fingerprint density at radius 1 is 1.00 bits per heavy atom. The topological polar surface area (TPSA) is 30.0 Å². The van der Waals surface area contributed by atoms with Gasteiger partial charge in [0.1, 0.15) is 0 Å². The summed E-state index contributed by atoms with van der Waals surface area (Å²) in [7, 11) is 7.85. The summed E-state index contributed by atoms with van der Waals surface area (Å²) in [6.45, 7) is 2.11. The predicted molar refractivity (Wildman–Crippen MR) is 55.8 cm³/mol. The molecular formula is C7H22N3OP. The first-order chi connectivity index (χ1) is 5.39. The molecule has 0 saturated carbocycles. The molecule has 0 spiro atoms. The van der Waals surface area contributed by atoms with Crippen molar-refractivity contribution in [3.63, 3.8) is 0 Å². The van der Waals surface area contributed by atoms with E-state index >= 15 is 0 Å². The van der Waals surface area contributed by atoms with Crippen LogP contribution in [0.1, 0.15) is 6.92 Å². The van der Waals surface area contributed by atoms with Crippen LogP contribution in [0.5, 0.6) is 0 Å². The zero-order valence-corrected chi connectivity index (χ0v) is 10.00. The standard InChI is InChI=1S/C7H22N3OP/c1-7-12(8(2)3,9(4)5)10(6)11/h11-12H,7H2,1-6H3. The van der Waals surface area contributed by atoms with E-state index in [-0.39, 0.29) is 0 Å². The van der Waals surface area contributed by atoms with Crippen molar-refractivity contribution in [1.82, 2.24) is 14.2 Å². The summed E-state index contributed by atoms with van der Waals surface area (Å²) < 4.78 is 4.26. The van der Waals surface area contributed by atoms with Crippen LogP contribution in [0.15, 0.2) is 0 Å². The molecule has 0 fully saturated rings. The Morgan fingerprint density at radius 3 is 1.33 bits per heavy atom. The van der Waals surface area contributed by atoms with Gasteiger partial charge in [0.05, 0.1) is 0 Å². The minimum absolute atomic E-state index is 0.972. The molecule has 76 valence electrons. The van der Waals surface area contributed by atoms with E-state index in [4.69, 9.17) is 0 Å². The van der Waals surface area contributed by atoms with Crippen molar-refractivity contribution in [2.75, 3.05) is 41.4 Å². The van der Waals surface area contributed by atoms with Gasteiger partial charge in [0, 0.05) is 0 Å². The zero-order chi connectivity index (χ0) is 9.94. The van der Waals surface area contributed by atoms with Crippen molar-refractivity contribution >= 4 is 7.71 Å². The van der Waals surface area contributed by atoms with Crippen molar-refractivity contribution < 1.29 is 5.21 Å². The van der Waals surface area contributed by atoms with Gasteiger partial charge in [0.25, 0.3) is 0 Å². The van der Waals surface area contributed by atoms with Crippen LogP contribution in [0.4, 0.5) is 0 Å². The Balaban J connectivity index is 4.77. The van der Waals surface area contributed by atoms with E-state index in [1.807, 2.05) is 28.2 Å². The molecule has 0 aromatic rings. The Morgan fingerprint density at radius 2 is 1.33 bits per heavy atom. The van der Waals surface area contributed by atoms with Crippen LogP contribution in [-0.4, -0.2) is 60.8 Å². The molecule has 0 aliphatic heterocycles. The summed E-state index contributed by atoms with van der Waals surface area (Å²) in [5.41, 5.74) is 0. The van der Waals surface area contributed by atoms with Gasteiger partial charge < -0.3 is 0 Å². The Kier molecular flexibility index (Phi) is 4.59. The van der Waals surface area contributed by atoms with Gasteiger partial charge in [-0.25, -0.2) is 0 Å². The number of nitrogens with zero attached hydrogens (tertiary/aromatic N) is 3. The Hall–Kier alpha value is 0.270. The quantitative estimate of drug-likeness (QED) is 0.534. The molecule has 0 unspecified atom stereocenters. The van der Waals surface area contributed by atoms with Crippen LogP contribution in [0.2, 0.25) is 0 Å². The molecule has 0 atom stereocenters. The van der Waals surface area contributed by atoms with E-state index in [0.717, 1.165) is 6.16 Å². The summed E-state index contributed by atoms with van der Waals surface area (Å²) in [5, 5.41) is 9.62. The molecule has 0 aliphatic carbocycles. The Labute approximate surface area is 76.2 Å². The van der Waals surface area contributed by atoms with E-state index in [0.29, 0.717) is 0 Å². The van der Waals surface area contributed by atoms with E-state index in [1.165, 1.54) is 4.83 Å². The maximum absolute atomic E-state index is 9.62. The van der Waals surface area contributed by atoms with E-state index < -0.39 is 7.71 Å². The molecule has 0 rings (SSSR count). The molecule has 0 aromatic heterocycles. The number of hydrogen-bond acceptors (Lipinski definition) is 4. The second-order valence-corrected chi connectivity index (χ2v) is 8.13. The minimum atomic E-state index is -1.95. The fourth-order valence-electron chi connectivity index (χ4n) is 1.84. The third kappa shape index (κ3) is 1.95. The van der Waals surface area contributed by atoms with Crippen LogP contribution < -0.4 is 0 Å². The zero-order valence-electron chi connectivity index (χ0n) is 9.00. The van der Waals surface area contributed by atoms with Gasteiger partial charge in [-0.15, -0.1) is 0 Å².